The van der Waals surface area contributed by atoms with Crippen LogP contribution in [0.4, 0.5) is 0 Å². The van der Waals surface area contributed by atoms with Gasteiger partial charge in [-0.15, -0.1) is 0 Å². The Morgan fingerprint density at radius 3 is 2.50 bits per heavy atom. The van der Waals surface area contributed by atoms with Gasteiger partial charge in [-0.1, -0.05) is 67.5 Å². The van der Waals surface area contributed by atoms with Gasteiger partial charge in [-0.25, -0.2) is 9.78 Å². The van der Waals surface area contributed by atoms with E-state index in [0.717, 1.165) is 28.8 Å². The zero-order valence-electron chi connectivity index (χ0n) is 25.4. The molecule has 0 amide bonds. The van der Waals surface area contributed by atoms with Crippen LogP contribution in [0, 0.1) is 0 Å². The van der Waals surface area contributed by atoms with E-state index in [0.29, 0.717) is 58.9 Å². The quantitative estimate of drug-likeness (QED) is 0.224. The van der Waals surface area contributed by atoms with Crippen molar-refractivity contribution in [1.82, 2.24) is 19.7 Å². The third kappa shape index (κ3) is 5.63. The van der Waals surface area contributed by atoms with Gasteiger partial charge in [-0.3, -0.25) is 18.9 Å². The fourth-order valence-electron chi connectivity index (χ4n) is 6.03. The number of fused-ring (bicyclic) bond motifs is 1. The van der Waals surface area contributed by atoms with Crippen LogP contribution in [0.5, 0.6) is 5.75 Å². The van der Waals surface area contributed by atoms with E-state index >= 15 is 0 Å². The Kier molecular flexibility index (Phi) is 7.82. The van der Waals surface area contributed by atoms with Crippen molar-refractivity contribution in [3.05, 3.63) is 110 Å². The number of aliphatic hydroxyl groups is 1. The lowest BCUT2D eigenvalue weighted by Gasteiger charge is -2.35. The summed E-state index contributed by atoms with van der Waals surface area (Å²) in [5.41, 5.74) is 5.37. The second kappa shape index (κ2) is 11.7. The molecular formula is C35H36N4O5. The normalized spacial score (nSPS) is 15.5. The third-order valence-electron chi connectivity index (χ3n) is 8.07. The molecule has 0 radical (unpaired) electrons. The van der Waals surface area contributed by atoms with E-state index in [2.05, 4.69) is 17.1 Å². The molecule has 1 atom stereocenters. The number of aromatic nitrogens is 4. The van der Waals surface area contributed by atoms with Gasteiger partial charge in [0.25, 0.3) is 5.56 Å². The summed E-state index contributed by atoms with van der Waals surface area (Å²) in [4.78, 5) is 33.9. The lowest BCUT2D eigenvalue weighted by Crippen LogP contribution is -2.34. The summed E-state index contributed by atoms with van der Waals surface area (Å²) in [7, 11) is 0. The molecule has 3 heterocycles. The highest BCUT2D eigenvalue weighted by Gasteiger charge is 2.33. The Morgan fingerprint density at radius 1 is 1.00 bits per heavy atom. The molecule has 0 saturated heterocycles. The van der Waals surface area contributed by atoms with Crippen molar-refractivity contribution in [3.63, 3.8) is 0 Å². The molecule has 2 aromatic heterocycles. The number of hydrogen-bond donors (Lipinski definition) is 2. The van der Waals surface area contributed by atoms with Crippen LogP contribution >= 0.6 is 0 Å². The first-order valence-electron chi connectivity index (χ1n) is 15.1. The molecular weight excluding hydrogens is 556 g/mol. The van der Waals surface area contributed by atoms with Crippen LogP contribution in [0.15, 0.2) is 80.8 Å². The van der Waals surface area contributed by atoms with Crippen molar-refractivity contribution >= 4 is 0 Å². The van der Waals surface area contributed by atoms with Gasteiger partial charge >= 0.3 is 5.76 Å². The molecule has 0 fully saturated rings. The molecule has 1 aliphatic heterocycles. The van der Waals surface area contributed by atoms with Gasteiger partial charge in [0.1, 0.15) is 17.2 Å². The molecule has 5 aromatic rings. The topological polar surface area (TPSA) is 123 Å². The van der Waals surface area contributed by atoms with Crippen LogP contribution < -0.4 is 16.1 Å². The van der Waals surface area contributed by atoms with E-state index in [1.807, 2.05) is 87.5 Å². The zero-order valence-corrected chi connectivity index (χ0v) is 25.4. The van der Waals surface area contributed by atoms with Crippen molar-refractivity contribution in [3.8, 4) is 39.4 Å². The van der Waals surface area contributed by atoms with Gasteiger partial charge in [0, 0.05) is 24.0 Å². The Labute approximate surface area is 255 Å². The Balaban J connectivity index is 1.47. The number of ether oxygens (including phenoxy) is 1. The van der Waals surface area contributed by atoms with E-state index in [1.54, 1.807) is 4.57 Å². The van der Waals surface area contributed by atoms with E-state index in [9.17, 15) is 14.7 Å². The Hall–Kier alpha value is -4.76. The summed E-state index contributed by atoms with van der Waals surface area (Å²) >= 11 is 0. The smallest absolute Gasteiger partial charge is 0.439 e. The Morgan fingerprint density at radius 2 is 1.80 bits per heavy atom. The molecule has 44 heavy (non-hydrogen) atoms. The maximum atomic E-state index is 14.4. The number of rotatable bonds is 8. The predicted octanol–water partition coefficient (Wildman–Crippen LogP) is 6.08. The summed E-state index contributed by atoms with van der Waals surface area (Å²) < 4.78 is 12.7. The van der Waals surface area contributed by atoms with Crippen molar-refractivity contribution in [2.24, 2.45) is 0 Å². The van der Waals surface area contributed by atoms with Gasteiger partial charge in [-0.2, -0.15) is 0 Å². The zero-order chi connectivity index (χ0) is 31.0. The highest BCUT2D eigenvalue weighted by Crippen LogP contribution is 2.41. The average Bonchev–Trinajstić information content (AvgIpc) is 3.44. The van der Waals surface area contributed by atoms with E-state index < -0.39 is 17.5 Å². The van der Waals surface area contributed by atoms with Gasteiger partial charge in [0.2, 0.25) is 0 Å². The number of nitrogens with zero attached hydrogens (tertiary/aromatic N) is 3. The molecule has 1 unspecified atom stereocenters. The molecule has 0 aliphatic carbocycles. The van der Waals surface area contributed by atoms with Crippen LogP contribution in [-0.4, -0.2) is 30.4 Å². The lowest BCUT2D eigenvalue weighted by atomic mass is 9.89. The van der Waals surface area contributed by atoms with E-state index in [1.165, 1.54) is 0 Å². The number of aromatic amines is 1. The Bertz CT molecular complexity index is 1940. The number of aryl methyl sites for hydroxylation is 2. The highest BCUT2D eigenvalue weighted by atomic mass is 16.5. The average molecular weight is 593 g/mol. The number of aliphatic hydroxyl groups excluding tert-OH is 1. The number of benzene rings is 3. The van der Waals surface area contributed by atoms with Crippen LogP contribution in [0.3, 0.4) is 0 Å². The summed E-state index contributed by atoms with van der Waals surface area (Å²) in [6.07, 6.45) is 1.81. The number of hydrogen-bond acceptors (Lipinski definition) is 7. The summed E-state index contributed by atoms with van der Waals surface area (Å²) in [5, 5.41) is 14.9. The maximum Gasteiger partial charge on any atom is 0.439 e. The fourth-order valence-corrected chi connectivity index (χ4v) is 6.03. The van der Waals surface area contributed by atoms with Crippen molar-refractivity contribution in [2.45, 2.75) is 71.6 Å². The fraction of sp³-hybridized carbons (Fsp3) is 0.314. The SMILES string of the molecule is CCCc1nc(CC)c(-c2ccc3c(c2)C(O)CC(C)(C)O3)c(=O)n1Cc1ccc(-c2ccccc2)c(-c2noc(=O)[nH]2)c1. The minimum Gasteiger partial charge on any atom is -0.487 e. The largest absolute Gasteiger partial charge is 0.487 e. The van der Waals surface area contributed by atoms with Crippen molar-refractivity contribution < 1.29 is 14.4 Å². The first-order chi connectivity index (χ1) is 21.2. The first kappa shape index (κ1) is 29.3. The van der Waals surface area contributed by atoms with E-state index in [-0.39, 0.29) is 12.1 Å². The molecule has 1 aliphatic rings. The van der Waals surface area contributed by atoms with Gasteiger partial charge in [-0.05, 0) is 67.1 Å². The molecule has 3 aromatic carbocycles. The van der Waals surface area contributed by atoms with E-state index in [4.69, 9.17) is 14.2 Å². The van der Waals surface area contributed by atoms with Gasteiger partial charge in [0.15, 0.2) is 5.82 Å². The second-order valence-corrected chi connectivity index (χ2v) is 11.9. The summed E-state index contributed by atoms with van der Waals surface area (Å²) in [6, 6.07) is 21.3. The maximum absolute atomic E-state index is 14.4. The summed E-state index contributed by atoms with van der Waals surface area (Å²) in [6.45, 7) is 8.24. The van der Waals surface area contributed by atoms with Crippen molar-refractivity contribution in [1.29, 1.82) is 0 Å². The third-order valence-corrected chi connectivity index (χ3v) is 8.07. The molecule has 0 spiro atoms. The molecule has 6 rings (SSSR count). The molecule has 9 nitrogen and oxygen atoms in total. The highest BCUT2D eigenvalue weighted by molar-refractivity contribution is 5.81. The molecule has 2 N–H and O–H groups in total. The van der Waals surface area contributed by atoms with Gasteiger partial charge < -0.3 is 9.84 Å². The summed E-state index contributed by atoms with van der Waals surface area (Å²) in [5.74, 6) is 1.02. The number of nitrogens with one attached hydrogen (secondary N) is 1. The standard InChI is InChI=1S/C35H36N4O5/c1-5-10-30-36-27(6-2)31(23-14-16-29-26(18-23)28(40)19-35(3,4)43-29)33(41)39(30)20-21-13-15-24(22-11-8-7-9-12-22)25(17-21)32-37-34(42)44-38-32/h7-9,11-18,28,40H,5-6,10,19-20H2,1-4H3,(H,37,38,42). The number of H-pyrrole nitrogens is 1. The first-order valence-corrected chi connectivity index (χ1v) is 15.1. The van der Waals surface area contributed by atoms with Crippen LogP contribution in [0.25, 0.3) is 33.6 Å². The second-order valence-electron chi connectivity index (χ2n) is 11.9. The van der Waals surface area contributed by atoms with Crippen LogP contribution in [0.2, 0.25) is 0 Å². The van der Waals surface area contributed by atoms with Crippen LogP contribution in [0.1, 0.15) is 69.3 Å². The minimum atomic E-state index is -0.696. The van der Waals surface area contributed by atoms with Crippen molar-refractivity contribution in [2.75, 3.05) is 0 Å². The molecule has 226 valence electrons. The molecule has 0 bridgehead atoms. The minimum absolute atomic E-state index is 0.143. The predicted molar refractivity (Wildman–Crippen MR) is 169 cm³/mol. The monoisotopic (exact) mass is 592 g/mol. The lowest BCUT2D eigenvalue weighted by molar-refractivity contribution is 0.0116. The molecule has 9 heteroatoms. The van der Waals surface area contributed by atoms with Crippen LogP contribution in [-0.2, 0) is 19.4 Å². The van der Waals surface area contributed by atoms with Gasteiger partial charge in [0.05, 0.1) is 23.9 Å². The molecule has 0 saturated carbocycles.